The van der Waals surface area contributed by atoms with Crippen LogP contribution in [0.25, 0.3) is 0 Å². The maximum atomic E-state index is 2.99. The van der Waals surface area contributed by atoms with Crippen LogP contribution in [0.1, 0.15) is 26.7 Å². The first-order valence-electron chi connectivity index (χ1n) is 5.43. The first kappa shape index (κ1) is 11.1. The van der Waals surface area contributed by atoms with Crippen molar-refractivity contribution < 1.29 is 0 Å². The maximum Gasteiger partial charge on any atom is 0.00277 e. The molecule has 0 aromatic rings. The average molecular weight is 191 g/mol. The van der Waals surface area contributed by atoms with E-state index in [4.69, 9.17) is 0 Å². The summed E-state index contributed by atoms with van der Waals surface area (Å²) < 4.78 is 0. The number of hydrogen-bond acceptors (Lipinski definition) is 1. The van der Waals surface area contributed by atoms with Crippen LogP contribution in [0.5, 0.6) is 0 Å². The predicted molar refractivity (Wildman–Crippen MR) is 63.0 cm³/mol. The van der Waals surface area contributed by atoms with Gasteiger partial charge in [0.15, 0.2) is 0 Å². The Morgan fingerprint density at radius 2 is 2.29 bits per heavy atom. The average Bonchev–Trinajstić information content (AvgIpc) is 2.19. The lowest BCUT2D eigenvalue weighted by Crippen LogP contribution is -2.11. The molecule has 78 valence electrons. The van der Waals surface area contributed by atoms with Gasteiger partial charge in [-0.2, -0.15) is 0 Å². The van der Waals surface area contributed by atoms with E-state index in [0.717, 1.165) is 11.8 Å². The van der Waals surface area contributed by atoms with Crippen LogP contribution in [0.2, 0.25) is 0 Å². The van der Waals surface area contributed by atoms with Crippen LogP contribution < -0.4 is 5.32 Å². The van der Waals surface area contributed by atoms with E-state index >= 15 is 0 Å². The van der Waals surface area contributed by atoms with Crippen molar-refractivity contribution in [3.63, 3.8) is 0 Å². The van der Waals surface area contributed by atoms with Crippen molar-refractivity contribution in [1.29, 1.82) is 0 Å². The van der Waals surface area contributed by atoms with Gasteiger partial charge in [-0.05, 0) is 42.5 Å². The molecule has 1 atom stereocenters. The summed E-state index contributed by atoms with van der Waals surface area (Å²) >= 11 is 0. The van der Waals surface area contributed by atoms with Crippen molar-refractivity contribution in [2.45, 2.75) is 26.7 Å². The normalized spacial score (nSPS) is 25.1. The molecule has 0 aromatic carbocycles. The van der Waals surface area contributed by atoms with Crippen molar-refractivity contribution in [2.75, 3.05) is 7.05 Å². The third-order valence-electron chi connectivity index (χ3n) is 2.78. The Morgan fingerprint density at radius 3 is 2.93 bits per heavy atom. The Balaban J connectivity index is 2.56. The Hall–Kier alpha value is -0.980. The minimum Gasteiger partial charge on any atom is -0.394 e. The third-order valence-corrected chi connectivity index (χ3v) is 2.78. The molecule has 0 aromatic heterocycles. The van der Waals surface area contributed by atoms with Gasteiger partial charge in [0, 0.05) is 7.05 Å². The lowest BCUT2D eigenvalue weighted by atomic mass is 9.83. The molecule has 0 aliphatic heterocycles. The topological polar surface area (TPSA) is 12.0 Å². The minimum atomic E-state index is 0.789. The van der Waals surface area contributed by atoms with Gasteiger partial charge in [0.05, 0.1) is 0 Å². The van der Waals surface area contributed by atoms with Crippen LogP contribution >= 0.6 is 0 Å². The SMILES string of the molecule is CN/C=C/C=C1/C=CCC(C(C)C)C1. The molecule has 1 rings (SSSR count). The van der Waals surface area contributed by atoms with Crippen LogP contribution in [0.15, 0.2) is 36.1 Å². The van der Waals surface area contributed by atoms with E-state index in [1.165, 1.54) is 18.4 Å². The molecule has 0 radical (unpaired) electrons. The van der Waals surface area contributed by atoms with Crippen LogP contribution in [0, 0.1) is 11.8 Å². The van der Waals surface area contributed by atoms with Crippen molar-refractivity contribution in [3.8, 4) is 0 Å². The zero-order chi connectivity index (χ0) is 10.4. The fraction of sp³-hybridized carbons (Fsp3) is 0.538. The van der Waals surface area contributed by atoms with Gasteiger partial charge in [0.1, 0.15) is 0 Å². The zero-order valence-electron chi connectivity index (χ0n) is 9.46. The van der Waals surface area contributed by atoms with Crippen molar-refractivity contribution in [1.82, 2.24) is 5.32 Å². The van der Waals surface area contributed by atoms with Gasteiger partial charge >= 0.3 is 0 Å². The minimum absolute atomic E-state index is 0.789. The first-order valence-corrected chi connectivity index (χ1v) is 5.43. The second kappa shape index (κ2) is 5.69. The maximum absolute atomic E-state index is 2.99. The van der Waals surface area contributed by atoms with Crippen molar-refractivity contribution in [2.24, 2.45) is 11.8 Å². The summed E-state index contributed by atoms with van der Waals surface area (Å²) in [5.41, 5.74) is 1.45. The molecular weight excluding hydrogens is 170 g/mol. The quantitative estimate of drug-likeness (QED) is 0.722. The molecule has 0 fully saturated rings. The molecule has 0 amide bonds. The van der Waals surface area contributed by atoms with Gasteiger partial charge in [0.2, 0.25) is 0 Å². The molecule has 1 N–H and O–H groups in total. The molecular formula is C13H21N. The highest BCUT2D eigenvalue weighted by molar-refractivity contribution is 5.26. The lowest BCUT2D eigenvalue weighted by molar-refractivity contribution is 0.381. The summed E-state index contributed by atoms with van der Waals surface area (Å²) in [4.78, 5) is 0. The van der Waals surface area contributed by atoms with E-state index < -0.39 is 0 Å². The highest BCUT2D eigenvalue weighted by atomic mass is 14.8. The molecule has 1 heteroatoms. The molecule has 14 heavy (non-hydrogen) atoms. The fourth-order valence-electron chi connectivity index (χ4n) is 1.75. The van der Waals surface area contributed by atoms with Crippen LogP contribution in [-0.4, -0.2) is 7.05 Å². The molecule has 1 nitrogen and oxygen atoms in total. The van der Waals surface area contributed by atoms with Crippen molar-refractivity contribution >= 4 is 0 Å². The Morgan fingerprint density at radius 1 is 1.50 bits per heavy atom. The van der Waals surface area contributed by atoms with E-state index in [9.17, 15) is 0 Å². The second-order valence-corrected chi connectivity index (χ2v) is 4.24. The van der Waals surface area contributed by atoms with Gasteiger partial charge in [-0.1, -0.05) is 32.1 Å². The molecule has 0 heterocycles. The highest BCUT2D eigenvalue weighted by Gasteiger charge is 2.15. The Labute approximate surface area is 87.6 Å². The van der Waals surface area contributed by atoms with Crippen LogP contribution in [-0.2, 0) is 0 Å². The van der Waals surface area contributed by atoms with Gasteiger partial charge in [0.25, 0.3) is 0 Å². The van der Waals surface area contributed by atoms with E-state index in [0.29, 0.717) is 0 Å². The molecule has 1 aliphatic rings. The largest absolute Gasteiger partial charge is 0.394 e. The lowest BCUT2D eigenvalue weighted by Gasteiger charge is -2.23. The molecule has 0 saturated heterocycles. The summed E-state index contributed by atoms with van der Waals surface area (Å²) in [7, 11) is 1.92. The summed E-state index contributed by atoms with van der Waals surface area (Å²) in [5.74, 6) is 1.62. The third kappa shape index (κ3) is 3.41. The fourth-order valence-corrected chi connectivity index (χ4v) is 1.75. The summed E-state index contributed by atoms with van der Waals surface area (Å²) in [6.07, 6.45) is 13.2. The van der Waals surface area contributed by atoms with Crippen LogP contribution in [0.3, 0.4) is 0 Å². The summed E-state index contributed by atoms with van der Waals surface area (Å²) in [5, 5.41) is 2.99. The summed E-state index contributed by atoms with van der Waals surface area (Å²) in [6, 6.07) is 0. The van der Waals surface area contributed by atoms with Crippen LogP contribution in [0.4, 0.5) is 0 Å². The molecule has 0 saturated carbocycles. The molecule has 0 bridgehead atoms. The molecule has 1 unspecified atom stereocenters. The smallest absolute Gasteiger partial charge is 0.00277 e. The van der Waals surface area contributed by atoms with E-state index in [1.54, 1.807) is 0 Å². The molecule has 0 spiro atoms. The molecule has 1 aliphatic carbocycles. The summed E-state index contributed by atoms with van der Waals surface area (Å²) in [6.45, 7) is 4.62. The predicted octanol–water partition coefficient (Wildman–Crippen LogP) is 3.27. The van der Waals surface area contributed by atoms with Gasteiger partial charge in [-0.25, -0.2) is 0 Å². The number of rotatable bonds is 3. The van der Waals surface area contributed by atoms with E-state index in [2.05, 4.69) is 43.5 Å². The highest BCUT2D eigenvalue weighted by Crippen LogP contribution is 2.28. The standard InChI is InChI=1S/C13H21N/c1-11(2)13-8-4-6-12(10-13)7-5-9-14-3/h4-7,9,11,13-14H,8,10H2,1-3H3/b9-5+,12-7-. The number of allylic oxidation sites excluding steroid dienone is 5. The Bertz CT molecular complexity index is 246. The van der Waals surface area contributed by atoms with E-state index in [-0.39, 0.29) is 0 Å². The zero-order valence-corrected chi connectivity index (χ0v) is 9.46. The van der Waals surface area contributed by atoms with E-state index in [1.807, 2.05) is 13.2 Å². The van der Waals surface area contributed by atoms with Gasteiger partial charge in [-0.3, -0.25) is 0 Å². The van der Waals surface area contributed by atoms with Gasteiger partial charge in [-0.15, -0.1) is 0 Å². The monoisotopic (exact) mass is 191 g/mol. The number of nitrogens with one attached hydrogen (secondary N) is 1. The first-order chi connectivity index (χ1) is 6.74. The Kier molecular flexibility index (Phi) is 4.51. The number of hydrogen-bond donors (Lipinski definition) is 1. The second-order valence-electron chi connectivity index (χ2n) is 4.24. The van der Waals surface area contributed by atoms with Crippen molar-refractivity contribution in [3.05, 3.63) is 36.1 Å². The van der Waals surface area contributed by atoms with Gasteiger partial charge < -0.3 is 5.32 Å².